The molecule has 15 heavy (non-hydrogen) atoms. The van der Waals surface area contributed by atoms with E-state index in [1.807, 2.05) is 18.2 Å². The van der Waals surface area contributed by atoms with Gasteiger partial charge in [0.05, 0.1) is 11.0 Å². The summed E-state index contributed by atoms with van der Waals surface area (Å²) in [6.45, 7) is 0. The molecule has 0 aliphatic heterocycles. The zero-order valence-electron chi connectivity index (χ0n) is 8.16. The van der Waals surface area contributed by atoms with Crippen molar-refractivity contribution in [1.82, 2.24) is 9.97 Å². The second-order valence-electron chi connectivity index (χ2n) is 3.12. The van der Waals surface area contributed by atoms with Crippen molar-refractivity contribution in [3.8, 4) is 12.3 Å². The molecule has 0 aliphatic carbocycles. The summed E-state index contributed by atoms with van der Waals surface area (Å²) in [7, 11) is 0. The molecular formula is C11H11N3S. The highest BCUT2D eigenvalue weighted by atomic mass is 32.2. The molecule has 0 amide bonds. The quantitative estimate of drug-likeness (QED) is 0.359. The first-order valence-electron chi connectivity index (χ1n) is 4.61. The lowest BCUT2D eigenvalue weighted by molar-refractivity contribution is 1.08. The second-order valence-corrected chi connectivity index (χ2v) is 4.20. The fraction of sp³-hybridized carbons (Fsp3) is 0.182. The van der Waals surface area contributed by atoms with Crippen LogP contribution in [0.3, 0.4) is 0 Å². The number of fused-ring (bicyclic) bond motifs is 1. The van der Waals surface area contributed by atoms with Gasteiger partial charge in [-0.15, -0.1) is 12.3 Å². The number of anilines is 1. The Morgan fingerprint density at radius 1 is 1.53 bits per heavy atom. The van der Waals surface area contributed by atoms with Gasteiger partial charge in [0.2, 0.25) is 0 Å². The van der Waals surface area contributed by atoms with Crippen LogP contribution in [0.5, 0.6) is 0 Å². The van der Waals surface area contributed by atoms with Gasteiger partial charge in [-0.3, -0.25) is 0 Å². The van der Waals surface area contributed by atoms with E-state index in [0.29, 0.717) is 0 Å². The van der Waals surface area contributed by atoms with Gasteiger partial charge in [0.15, 0.2) is 5.16 Å². The number of terminal acetylenes is 1. The van der Waals surface area contributed by atoms with E-state index in [9.17, 15) is 0 Å². The van der Waals surface area contributed by atoms with Crippen molar-refractivity contribution in [2.24, 2.45) is 0 Å². The molecule has 0 saturated carbocycles. The molecule has 0 aliphatic rings. The fourth-order valence-corrected chi connectivity index (χ4v) is 2.04. The van der Waals surface area contributed by atoms with Crippen molar-refractivity contribution in [2.75, 3.05) is 11.5 Å². The van der Waals surface area contributed by atoms with Crippen molar-refractivity contribution < 1.29 is 0 Å². The van der Waals surface area contributed by atoms with Crippen LogP contribution >= 0.6 is 11.8 Å². The molecule has 1 heterocycles. The molecule has 0 radical (unpaired) electrons. The van der Waals surface area contributed by atoms with Gasteiger partial charge in [0.25, 0.3) is 0 Å². The van der Waals surface area contributed by atoms with Crippen LogP contribution in [0.4, 0.5) is 5.69 Å². The Morgan fingerprint density at radius 2 is 2.40 bits per heavy atom. The smallest absolute Gasteiger partial charge is 0.166 e. The highest BCUT2D eigenvalue weighted by molar-refractivity contribution is 7.99. The standard InChI is InChI=1S/C11H11N3S/c1-2-3-6-15-11-13-9-5-4-8(12)7-10(9)14-11/h1,4-5,7H,3,6,12H2,(H,13,14). The van der Waals surface area contributed by atoms with E-state index in [1.165, 1.54) is 0 Å². The predicted molar refractivity (Wildman–Crippen MR) is 64.7 cm³/mol. The number of nitrogens with one attached hydrogen (secondary N) is 1. The number of imidazole rings is 1. The minimum atomic E-state index is 0.742. The maximum atomic E-state index is 5.67. The molecular weight excluding hydrogens is 206 g/mol. The summed E-state index contributed by atoms with van der Waals surface area (Å²) in [4.78, 5) is 7.61. The normalized spacial score (nSPS) is 10.3. The summed E-state index contributed by atoms with van der Waals surface area (Å²) in [5, 5.41) is 0.894. The summed E-state index contributed by atoms with van der Waals surface area (Å²) in [5.41, 5.74) is 8.32. The van der Waals surface area contributed by atoms with Gasteiger partial charge < -0.3 is 10.7 Å². The van der Waals surface area contributed by atoms with Gasteiger partial charge in [-0.1, -0.05) is 11.8 Å². The Morgan fingerprint density at radius 3 is 3.20 bits per heavy atom. The summed E-state index contributed by atoms with van der Waals surface area (Å²) in [6.07, 6.45) is 5.93. The SMILES string of the molecule is C#CCCSc1nc2ccc(N)cc2[nH]1. The van der Waals surface area contributed by atoms with Gasteiger partial charge in [0, 0.05) is 17.9 Å². The summed E-state index contributed by atoms with van der Waals surface area (Å²) >= 11 is 1.63. The van der Waals surface area contributed by atoms with Crippen LogP contribution in [0.15, 0.2) is 23.4 Å². The molecule has 0 atom stereocenters. The van der Waals surface area contributed by atoms with E-state index in [4.69, 9.17) is 12.2 Å². The predicted octanol–water partition coefficient (Wildman–Crippen LogP) is 2.26. The van der Waals surface area contributed by atoms with Crippen LogP contribution in [0, 0.1) is 12.3 Å². The molecule has 4 heteroatoms. The Bertz CT molecular complexity index is 510. The average Bonchev–Trinajstić information content (AvgIpc) is 2.60. The van der Waals surface area contributed by atoms with Crippen molar-refractivity contribution in [1.29, 1.82) is 0 Å². The highest BCUT2D eigenvalue weighted by Crippen LogP contribution is 2.21. The largest absolute Gasteiger partial charge is 0.399 e. The van der Waals surface area contributed by atoms with E-state index in [1.54, 1.807) is 11.8 Å². The maximum Gasteiger partial charge on any atom is 0.166 e. The van der Waals surface area contributed by atoms with Crippen LogP contribution in [0.1, 0.15) is 6.42 Å². The average molecular weight is 217 g/mol. The number of thioether (sulfide) groups is 1. The molecule has 0 spiro atoms. The topological polar surface area (TPSA) is 54.7 Å². The van der Waals surface area contributed by atoms with E-state index >= 15 is 0 Å². The fourth-order valence-electron chi connectivity index (χ4n) is 1.28. The number of nitrogens with two attached hydrogens (primary N) is 1. The van der Waals surface area contributed by atoms with Crippen LogP contribution < -0.4 is 5.73 Å². The van der Waals surface area contributed by atoms with E-state index < -0.39 is 0 Å². The molecule has 1 aromatic carbocycles. The zero-order valence-corrected chi connectivity index (χ0v) is 8.97. The number of rotatable bonds is 3. The Hall–Kier alpha value is -1.60. The van der Waals surface area contributed by atoms with E-state index in [-0.39, 0.29) is 0 Å². The molecule has 0 bridgehead atoms. The lowest BCUT2D eigenvalue weighted by atomic mass is 10.3. The first-order chi connectivity index (χ1) is 7.29. The first-order valence-corrected chi connectivity index (χ1v) is 5.59. The molecule has 2 rings (SSSR count). The van der Waals surface area contributed by atoms with Gasteiger partial charge in [-0.05, 0) is 18.2 Å². The van der Waals surface area contributed by atoms with Crippen molar-refractivity contribution >= 4 is 28.5 Å². The molecule has 0 unspecified atom stereocenters. The third-order valence-electron chi connectivity index (χ3n) is 1.97. The monoisotopic (exact) mass is 217 g/mol. The third-order valence-corrected chi connectivity index (χ3v) is 2.84. The van der Waals surface area contributed by atoms with Crippen molar-refractivity contribution in [3.63, 3.8) is 0 Å². The molecule has 0 fully saturated rings. The highest BCUT2D eigenvalue weighted by Gasteiger charge is 2.02. The Labute approximate surface area is 92.5 Å². The van der Waals surface area contributed by atoms with Crippen LogP contribution in [0.25, 0.3) is 11.0 Å². The van der Waals surface area contributed by atoms with Crippen molar-refractivity contribution in [2.45, 2.75) is 11.6 Å². The summed E-state index contributed by atoms with van der Waals surface area (Å²) < 4.78 is 0. The number of hydrogen-bond acceptors (Lipinski definition) is 3. The number of benzene rings is 1. The van der Waals surface area contributed by atoms with Gasteiger partial charge in [-0.2, -0.15) is 0 Å². The van der Waals surface area contributed by atoms with Gasteiger partial charge in [0.1, 0.15) is 0 Å². The Kier molecular flexibility index (Phi) is 2.84. The van der Waals surface area contributed by atoms with Gasteiger partial charge in [-0.25, -0.2) is 4.98 Å². The molecule has 76 valence electrons. The number of hydrogen-bond donors (Lipinski definition) is 2. The van der Waals surface area contributed by atoms with Crippen molar-refractivity contribution in [3.05, 3.63) is 18.2 Å². The maximum absolute atomic E-state index is 5.67. The number of aromatic amines is 1. The molecule has 3 N–H and O–H groups in total. The second kappa shape index (κ2) is 4.28. The van der Waals surface area contributed by atoms with E-state index in [0.717, 1.165) is 34.1 Å². The minimum absolute atomic E-state index is 0.742. The lowest BCUT2D eigenvalue weighted by Crippen LogP contribution is -1.82. The first kappa shape index (κ1) is 9.94. The Balaban J connectivity index is 2.20. The third kappa shape index (κ3) is 2.25. The van der Waals surface area contributed by atoms with Crippen LogP contribution in [-0.2, 0) is 0 Å². The van der Waals surface area contributed by atoms with Gasteiger partial charge >= 0.3 is 0 Å². The van der Waals surface area contributed by atoms with E-state index in [2.05, 4.69) is 15.9 Å². The molecule has 0 saturated heterocycles. The number of H-pyrrole nitrogens is 1. The summed E-state index contributed by atoms with van der Waals surface area (Å²) in [6, 6.07) is 5.64. The molecule has 1 aromatic heterocycles. The number of nitrogens with zero attached hydrogens (tertiary/aromatic N) is 1. The number of nitrogen functional groups attached to an aromatic ring is 1. The number of aromatic nitrogens is 2. The van der Waals surface area contributed by atoms with Crippen LogP contribution in [0.2, 0.25) is 0 Å². The van der Waals surface area contributed by atoms with Crippen LogP contribution in [-0.4, -0.2) is 15.7 Å². The minimum Gasteiger partial charge on any atom is -0.399 e. The molecule has 2 aromatic rings. The molecule has 3 nitrogen and oxygen atoms in total. The lowest BCUT2D eigenvalue weighted by Gasteiger charge is -1.91. The zero-order chi connectivity index (χ0) is 10.7. The summed E-state index contributed by atoms with van der Waals surface area (Å²) in [5.74, 6) is 3.48.